The third kappa shape index (κ3) is 3.40. The highest BCUT2D eigenvalue weighted by Gasteiger charge is 2.63. The molecular formula is C28H41NO4. The number of hydrogen-bond donors (Lipinski definition) is 1. The van der Waals surface area contributed by atoms with Gasteiger partial charge in [0.25, 0.3) is 0 Å². The maximum absolute atomic E-state index is 13.3. The van der Waals surface area contributed by atoms with Gasteiger partial charge in [0.05, 0.1) is 20.3 Å². The molecule has 5 heteroatoms. The number of amides is 1. The summed E-state index contributed by atoms with van der Waals surface area (Å²) >= 11 is 0. The number of aliphatic hydroxyl groups excluding tert-OH is 1. The van der Waals surface area contributed by atoms with Crippen LogP contribution in [0.2, 0.25) is 0 Å². The van der Waals surface area contributed by atoms with E-state index in [0.717, 1.165) is 49.2 Å². The molecule has 3 unspecified atom stereocenters. The topological polar surface area (TPSA) is 59.0 Å². The van der Waals surface area contributed by atoms with Gasteiger partial charge in [0.15, 0.2) is 0 Å². The van der Waals surface area contributed by atoms with Gasteiger partial charge in [-0.2, -0.15) is 0 Å². The van der Waals surface area contributed by atoms with Crippen molar-refractivity contribution in [3.8, 4) is 11.5 Å². The van der Waals surface area contributed by atoms with Gasteiger partial charge in [-0.3, -0.25) is 4.79 Å². The lowest BCUT2D eigenvalue weighted by molar-refractivity contribution is -0.173. The van der Waals surface area contributed by atoms with Gasteiger partial charge >= 0.3 is 0 Å². The Balaban J connectivity index is 1.46. The van der Waals surface area contributed by atoms with E-state index in [1.807, 2.05) is 18.2 Å². The summed E-state index contributed by atoms with van der Waals surface area (Å²) in [6.45, 7) is 7.83. The number of ether oxygens (including phenoxy) is 2. The first kappa shape index (κ1) is 23.0. The number of hydrogen-bond acceptors (Lipinski definition) is 4. The van der Waals surface area contributed by atoms with Crippen LogP contribution in [-0.2, 0) is 11.3 Å². The van der Waals surface area contributed by atoms with Crippen molar-refractivity contribution in [2.75, 3.05) is 14.2 Å². The number of rotatable bonds is 4. The minimum absolute atomic E-state index is 0.0826. The third-order valence-electron chi connectivity index (χ3n) is 10.6. The van der Waals surface area contributed by atoms with Crippen molar-refractivity contribution in [1.82, 2.24) is 4.90 Å². The van der Waals surface area contributed by atoms with Crippen molar-refractivity contribution in [2.45, 2.75) is 84.4 Å². The van der Waals surface area contributed by atoms with Crippen LogP contribution < -0.4 is 9.47 Å². The van der Waals surface area contributed by atoms with E-state index in [-0.39, 0.29) is 28.9 Å². The number of fused-ring (bicyclic) bond motifs is 5. The quantitative estimate of drug-likeness (QED) is 0.691. The molecule has 182 valence electrons. The number of nitrogens with zero attached hydrogens (tertiary/aromatic N) is 1. The predicted molar refractivity (Wildman–Crippen MR) is 128 cm³/mol. The molecule has 5 nitrogen and oxygen atoms in total. The fourth-order valence-corrected chi connectivity index (χ4v) is 8.65. The van der Waals surface area contributed by atoms with E-state index in [4.69, 9.17) is 9.47 Å². The maximum atomic E-state index is 13.3. The van der Waals surface area contributed by atoms with Crippen molar-refractivity contribution in [2.24, 2.45) is 34.5 Å². The van der Waals surface area contributed by atoms with Gasteiger partial charge in [0.2, 0.25) is 5.91 Å². The van der Waals surface area contributed by atoms with Crippen LogP contribution in [0.4, 0.5) is 0 Å². The van der Waals surface area contributed by atoms with Gasteiger partial charge in [-0.1, -0.05) is 20.8 Å². The lowest BCUT2D eigenvalue weighted by Gasteiger charge is -2.63. The number of piperidine rings is 1. The molecule has 8 atom stereocenters. The minimum Gasteiger partial charge on any atom is -0.497 e. The Hall–Kier alpha value is -1.75. The highest BCUT2D eigenvalue weighted by atomic mass is 16.5. The summed E-state index contributed by atoms with van der Waals surface area (Å²) < 4.78 is 11.0. The van der Waals surface area contributed by atoms with Crippen LogP contribution in [0.3, 0.4) is 0 Å². The lowest BCUT2D eigenvalue weighted by Crippen LogP contribution is -2.64. The lowest BCUT2D eigenvalue weighted by atomic mass is 9.45. The van der Waals surface area contributed by atoms with Crippen molar-refractivity contribution >= 4 is 5.91 Å². The first-order chi connectivity index (χ1) is 15.7. The zero-order chi connectivity index (χ0) is 23.5. The fraction of sp³-hybridized carbons (Fsp3) is 0.750. The Labute approximate surface area is 198 Å². The van der Waals surface area contributed by atoms with Crippen LogP contribution in [0.5, 0.6) is 11.5 Å². The average molecular weight is 456 g/mol. The second-order valence-corrected chi connectivity index (χ2v) is 11.9. The molecule has 4 fully saturated rings. The van der Waals surface area contributed by atoms with Crippen molar-refractivity contribution < 1.29 is 19.4 Å². The summed E-state index contributed by atoms with van der Waals surface area (Å²) in [5, 5.41) is 10.8. The van der Waals surface area contributed by atoms with E-state index in [0.29, 0.717) is 36.6 Å². The molecule has 0 bridgehead atoms. The Morgan fingerprint density at radius 2 is 1.82 bits per heavy atom. The van der Waals surface area contributed by atoms with E-state index in [1.165, 1.54) is 6.42 Å². The highest BCUT2D eigenvalue weighted by Crippen LogP contribution is 2.66. The normalized spacial score (nSPS) is 42.4. The average Bonchev–Trinajstić information content (AvgIpc) is 3.11. The second kappa shape index (κ2) is 8.18. The van der Waals surface area contributed by atoms with Gasteiger partial charge in [0.1, 0.15) is 11.5 Å². The molecule has 3 saturated carbocycles. The summed E-state index contributed by atoms with van der Waals surface area (Å²) in [5.74, 6) is 4.29. The number of carbonyl (C=O) groups excluding carboxylic acids is 1. The summed E-state index contributed by atoms with van der Waals surface area (Å²) in [7, 11) is 3.34. The van der Waals surface area contributed by atoms with Crippen molar-refractivity contribution in [1.29, 1.82) is 0 Å². The number of methoxy groups -OCH3 is 2. The van der Waals surface area contributed by atoms with Crippen LogP contribution in [0.15, 0.2) is 18.2 Å². The highest BCUT2D eigenvalue weighted by molar-refractivity contribution is 5.78. The Bertz CT molecular complexity index is 917. The van der Waals surface area contributed by atoms with Crippen LogP contribution in [-0.4, -0.2) is 42.3 Å². The van der Waals surface area contributed by atoms with E-state index in [1.54, 1.807) is 14.2 Å². The van der Waals surface area contributed by atoms with E-state index in [2.05, 4.69) is 25.7 Å². The Kier molecular flexibility index (Phi) is 5.70. The number of aliphatic hydroxyl groups is 1. The van der Waals surface area contributed by atoms with E-state index >= 15 is 0 Å². The third-order valence-corrected chi connectivity index (χ3v) is 10.6. The maximum Gasteiger partial charge on any atom is 0.223 e. The monoisotopic (exact) mass is 455 g/mol. The van der Waals surface area contributed by atoms with Crippen LogP contribution >= 0.6 is 0 Å². The summed E-state index contributed by atoms with van der Waals surface area (Å²) in [6, 6.07) is 6.17. The SMILES string of the molecule is COc1ccc(CN2C(=O)CC[C@@]3(C)C2CC(C)[C@@H]2[C@H]3CC[C@]3(C)C(O)CC[C@@H]23)c(OC)c1. The van der Waals surface area contributed by atoms with Gasteiger partial charge < -0.3 is 19.5 Å². The molecule has 1 aromatic carbocycles. The molecule has 0 aromatic heterocycles. The van der Waals surface area contributed by atoms with Gasteiger partial charge in [0, 0.05) is 30.6 Å². The first-order valence-electron chi connectivity index (χ1n) is 12.9. The Morgan fingerprint density at radius 3 is 2.55 bits per heavy atom. The zero-order valence-corrected chi connectivity index (χ0v) is 21.0. The Morgan fingerprint density at radius 1 is 1.06 bits per heavy atom. The molecule has 5 rings (SSSR count). The zero-order valence-electron chi connectivity index (χ0n) is 21.0. The molecule has 1 heterocycles. The van der Waals surface area contributed by atoms with E-state index < -0.39 is 0 Å². The van der Waals surface area contributed by atoms with Crippen LogP contribution in [0, 0.1) is 34.5 Å². The van der Waals surface area contributed by atoms with Crippen molar-refractivity contribution in [3.63, 3.8) is 0 Å². The summed E-state index contributed by atoms with van der Waals surface area (Å²) in [4.78, 5) is 15.5. The van der Waals surface area contributed by atoms with Crippen molar-refractivity contribution in [3.05, 3.63) is 23.8 Å². The summed E-state index contributed by atoms with van der Waals surface area (Å²) in [5.41, 5.74) is 1.26. The molecule has 1 saturated heterocycles. The van der Waals surface area contributed by atoms with Gasteiger partial charge in [-0.25, -0.2) is 0 Å². The molecule has 4 aliphatic rings. The molecule has 1 N–H and O–H groups in total. The number of benzene rings is 1. The molecule has 1 aromatic rings. The molecular weight excluding hydrogens is 414 g/mol. The number of carbonyl (C=O) groups is 1. The molecule has 33 heavy (non-hydrogen) atoms. The molecule has 0 radical (unpaired) electrons. The second-order valence-electron chi connectivity index (χ2n) is 11.9. The smallest absolute Gasteiger partial charge is 0.223 e. The standard InChI is InChI=1S/C28H41NO4/c1-17-14-23-27(2,21-10-12-28(3)20(26(17)21)8-9-24(28)30)13-11-25(31)29(23)16-18-6-7-19(32-4)15-22(18)33-5/h6-7,15,17,20-21,23-24,26,30H,8-14,16H2,1-5H3/t17?,20-,21+,23?,24?,26-,27+,28-/m0/s1. The summed E-state index contributed by atoms with van der Waals surface area (Å²) in [6.07, 6.45) is 6.96. The predicted octanol–water partition coefficient (Wildman–Crippen LogP) is 5.04. The molecule has 1 aliphatic heterocycles. The molecule has 0 spiro atoms. The first-order valence-corrected chi connectivity index (χ1v) is 12.9. The van der Waals surface area contributed by atoms with Gasteiger partial charge in [-0.15, -0.1) is 0 Å². The molecule has 3 aliphatic carbocycles. The molecule has 1 amide bonds. The van der Waals surface area contributed by atoms with Crippen LogP contribution in [0.25, 0.3) is 0 Å². The van der Waals surface area contributed by atoms with Crippen LogP contribution in [0.1, 0.15) is 71.3 Å². The van der Waals surface area contributed by atoms with Gasteiger partial charge in [-0.05, 0) is 85.2 Å². The fourth-order valence-electron chi connectivity index (χ4n) is 8.65. The van der Waals surface area contributed by atoms with E-state index in [9.17, 15) is 9.90 Å². The minimum atomic E-state index is -0.145. The number of likely N-dealkylation sites (tertiary alicyclic amines) is 1. The largest absolute Gasteiger partial charge is 0.497 e.